The lowest BCUT2D eigenvalue weighted by molar-refractivity contribution is -0.385. The minimum Gasteiger partial charge on any atom is -0.330 e. The summed E-state index contributed by atoms with van der Waals surface area (Å²) >= 11 is 0. The Labute approximate surface area is 112 Å². The SMILES string of the molecule is CN(Cc1ccc([N+](=O)[O-])cc1F)CC(C)(C)CN. The Hall–Kier alpha value is -1.53. The van der Waals surface area contributed by atoms with E-state index in [2.05, 4.69) is 0 Å². The Morgan fingerprint density at radius 1 is 1.47 bits per heavy atom. The van der Waals surface area contributed by atoms with E-state index in [1.54, 1.807) is 0 Å². The minimum atomic E-state index is -0.603. The normalized spacial score (nSPS) is 11.9. The maximum absolute atomic E-state index is 13.7. The van der Waals surface area contributed by atoms with Crippen LogP contribution in [0.15, 0.2) is 18.2 Å². The van der Waals surface area contributed by atoms with Crippen molar-refractivity contribution in [1.29, 1.82) is 0 Å². The summed E-state index contributed by atoms with van der Waals surface area (Å²) in [6, 6.07) is 3.73. The molecule has 0 aliphatic heterocycles. The second-order valence-corrected chi connectivity index (χ2v) is 5.57. The van der Waals surface area contributed by atoms with Crippen LogP contribution in [-0.4, -0.2) is 30.0 Å². The first-order valence-electron chi connectivity index (χ1n) is 6.06. The second-order valence-electron chi connectivity index (χ2n) is 5.57. The molecule has 0 saturated heterocycles. The Balaban J connectivity index is 2.75. The highest BCUT2D eigenvalue weighted by Crippen LogP contribution is 2.20. The molecule has 0 amide bonds. The third-order valence-corrected chi connectivity index (χ3v) is 2.94. The van der Waals surface area contributed by atoms with Gasteiger partial charge in [-0.15, -0.1) is 0 Å². The Morgan fingerprint density at radius 3 is 2.58 bits per heavy atom. The predicted octanol–water partition coefficient (Wildman–Crippen LogP) is 2.15. The maximum atomic E-state index is 13.7. The minimum absolute atomic E-state index is 0.0496. The number of non-ortho nitro benzene ring substituents is 1. The zero-order valence-corrected chi connectivity index (χ0v) is 11.5. The van der Waals surface area contributed by atoms with Gasteiger partial charge < -0.3 is 10.6 Å². The molecular formula is C13H20FN3O2. The molecule has 0 atom stereocenters. The van der Waals surface area contributed by atoms with E-state index in [1.165, 1.54) is 12.1 Å². The Morgan fingerprint density at radius 2 is 2.11 bits per heavy atom. The van der Waals surface area contributed by atoms with E-state index in [1.807, 2.05) is 25.8 Å². The van der Waals surface area contributed by atoms with Crippen LogP contribution in [0.5, 0.6) is 0 Å². The van der Waals surface area contributed by atoms with Crippen molar-refractivity contribution in [3.8, 4) is 0 Å². The number of halogens is 1. The number of nitro benzene ring substituents is 1. The van der Waals surface area contributed by atoms with Gasteiger partial charge in [0, 0.05) is 24.7 Å². The summed E-state index contributed by atoms with van der Waals surface area (Å²) in [6.45, 7) is 5.73. The molecular weight excluding hydrogens is 249 g/mol. The quantitative estimate of drug-likeness (QED) is 0.634. The largest absolute Gasteiger partial charge is 0.330 e. The Kier molecular flexibility index (Phi) is 4.97. The average molecular weight is 269 g/mol. The predicted molar refractivity (Wildman–Crippen MR) is 72.2 cm³/mol. The standard InChI is InChI=1S/C13H20FN3O2/c1-13(2,8-15)9-16(3)7-10-4-5-11(17(18)19)6-12(10)14/h4-6H,7-9,15H2,1-3H3. The van der Waals surface area contributed by atoms with Crippen LogP contribution >= 0.6 is 0 Å². The summed E-state index contributed by atoms with van der Waals surface area (Å²) in [6.07, 6.45) is 0. The monoisotopic (exact) mass is 269 g/mol. The molecule has 0 aliphatic rings. The summed E-state index contributed by atoms with van der Waals surface area (Å²) < 4.78 is 13.7. The molecule has 0 heterocycles. The number of rotatable bonds is 6. The van der Waals surface area contributed by atoms with Crippen LogP contribution in [0, 0.1) is 21.3 Å². The van der Waals surface area contributed by atoms with Crippen LogP contribution in [0.4, 0.5) is 10.1 Å². The summed E-state index contributed by atoms with van der Waals surface area (Å²) in [7, 11) is 1.87. The second kappa shape index (κ2) is 6.08. The molecule has 0 fully saturated rings. The zero-order valence-electron chi connectivity index (χ0n) is 11.5. The van der Waals surface area contributed by atoms with E-state index in [4.69, 9.17) is 5.73 Å². The van der Waals surface area contributed by atoms with E-state index in [-0.39, 0.29) is 11.1 Å². The van der Waals surface area contributed by atoms with Gasteiger partial charge in [-0.05, 0) is 25.1 Å². The molecule has 6 heteroatoms. The van der Waals surface area contributed by atoms with Gasteiger partial charge in [-0.2, -0.15) is 0 Å². The summed E-state index contributed by atoms with van der Waals surface area (Å²) in [5.41, 5.74) is 5.82. The molecule has 1 aromatic rings. The van der Waals surface area contributed by atoms with Gasteiger partial charge in [0.1, 0.15) is 5.82 Å². The van der Waals surface area contributed by atoms with Gasteiger partial charge in [0.15, 0.2) is 0 Å². The van der Waals surface area contributed by atoms with E-state index in [9.17, 15) is 14.5 Å². The summed E-state index contributed by atoms with van der Waals surface area (Å²) in [5.74, 6) is -0.549. The van der Waals surface area contributed by atoms with Crippen molar-refractivity contribution in [3.05, 3.63) is 39.7 Å². The highest BCUT2D eigenvalue weighted by Gasteiger charge is 2.19. The fourth-order valence-corrected chi connectivity index (χ4v) is 1.92. The Bertz CT molecular complexity index is 463. The highest BCUT2D eigenvalue weighted by molar-refractivity contribution is 5.34. The van der Waals surface area contributed by atoms with Crippen molar-refractivity contribution < 1.29 is 9.31 Å². The van der Waals surface area contributed by atoms with Crippen LogP contribution in [-0.2, 0) is 6.54 Å². The van der Waals surface area contributed by atoms with Crippen LogP contribution in [0.25, 0.3) is 0 Å². The summed E-state index contributed by atoms with van der Waals surface area (Å²) in [5, 5.41) is 10.5. The van der Waals surface area contributed by atoms with Gasteiger partial charge in [0.25, 0.3) is 5.69 Å². The van der Waals surface area contributed by atoms with Gasteiger partial charge in [0.2, 0.25) is 0 Å². The maximum Gasteiger partial charge on any atom is 0.272 e. The number of hydrogen-bond acceptors (Lipinski definition) is 4. The fraction of sp³-hybridized carbons (Fsp3) is 0.538. The first kappa shape index (κ1) is 15.5. The third kappa shape index (κ3) is 4.57. The number of benzene rings is 1. The third-order valence-electron chi connectivity index (χ3n) is 2.94. The molecule has 0 unspecified atom stereocenters. The average Bonchev–Trinajstić information content (AvgIpc) is 2.30. The number of nitrogens with two attached hydrogens (primary N) is 1. The number of nitro groups is 1. The zero-order chi connectivity index (χ0) is 14.6. The molecule has 1 aromatic carbocycles. The molecule has 1 rings (SSSR count). The smallest absolute Gasteiger partial charge is 0.272 e. The number of nitrogens with zero attached hydrogens (tertiary/aromatic N) is 2. The van der Waals surface area contributed by atoms with Crippen LogP contribution in [0.2, 0.25) is 0 Å². The van der Waals surface area contributed by atoms with E-state index < -0.39 is 10.7 Å². The number of hydrogen-bond donors (Lipinski definition) is 1. The lowest BCUT2D eigenvalue weighted by Crippen LogP contribution is -2.36. The summed E-state index contributed by atoms with van der Waals surface area (Å²) in [4.78, 5) is 11.9. The van der Waals surface area contributed by atoms with Crippen LogP contribution in [0.3, 0.4) is 0 Å². The molecule has 0 aliphatic carbocycles. The van der Waals surface area contributed by atoms with Crippen molar-refractivity contribution in [2.75, 3.05) is 20.1 Å². The van der Waals surface area contributed by atoms with Gasteiger partial charge in [0.05, 0.1) is 11.0 Å². The van der Waals surface area contributed by atoms with Gasteiger partial charge in [-0.25, -0.2) is 4.39 Å². The van der Waals surface area contributed by atoms with Gasteiger partial charge >= 0.3 is 0 Å². The molecule has 19 heavy (non-hydrogen) atoms. The van der Waals surface area contributed by atoms with Gasteiger partial charge in [-0.3, -0.25) is 10.1 Å². The first-order chi connectivity index (χ1) is 8.75. The molecule has 0 saturated carbocycles. The topological polar surface area (TPSA) is 72.4 Å². The van der Waals surface area contributed by atoms with Crippen molar-refractivity contribution >= 4 is 5.69 Å². The van der Waals surface area contributed by atoms with E-state index in [0.29, 0.717) is 18.7 Å². The fourth-order valence-electron chi connectivity index (χ4n) is 1.92. The molecule has 0 spiro atoms. The van der Waals surface area contributed by atoms with Crippen molar-refractivity contribution in [1.82, 2.24) is 4.90 Å². The molecule has 106 valence electrons. The molecule has 2 N–H and O–H groups in total. The lowest BCUT2D eigenvalue weighted by atomic mass is 9.93. The molecule has 0 aromatic heterocycles. The molecule has 5 nitrogen and oxygen atoms in total. The van der Waals surface area contributed by atoms with E-state index >= 15 is 0 Å². The van der Waals surface area contributed by atoms with Crippen molar-refractivity contribution in [2.24, 2.45) is 11.1 Å². The highest BCUT2D eigenvalue weighted by atomic mass is 19.1. The van der Waals surface area contributed by atoms with Gasteiger partial charge in [-0.1, -0.05) is 13.8 Å². The first-order valence-corrected chi connectivity index (χ1v) is 6.06. The molecule has 0 bridgehead atoms. The van der Waals surface area contributed by atoms with Crippen LogP contribution in [0.1, 0.15) is 19.4 Å². The van der Waals surface area contributed by atoms with Crippen LogP contribution < -0.4 is 5.73 Å². The van der Waals surface area contributed by atoms with Crippen molar-refractivity contribution in [2.45, 2.75) is 20.4 Å². The molecule has 0 radical (unpaired) electrons. The van der Waals surface area contributed by atoms with Crippen molar-refractivity contribution in [3.63, 3.8) is 0 Å². The lowest BCUT2D eigenvalue weighted by Gasteiger charge is -2.29. The van der Waals surface area contributed by atoms with E-state index in [0.717, 1.165) is 12.6 Å².